The lowest BCUT2D eigenvalue weighted by atomic mass is 9.39. The Labute approximate surface area is 140 Å². The molecule has 4 rings (SSSR count). The lowest BCUT2D eigenvalue weighted by Gasteiger charge is -2.64. The van der Waals surface area contributed by atoms with Crippen LogP contribution in [0.15, 0.2) is 11.6 Å². The van der Waals surface area contributed by atoms with Crippen molar-refractivity contribution >= 4 is 17.9 Å². The first kappa shape index (κ1) is 17.0. The number of aliphatic carboxylic acids is 2. The highest BCUT2D eigenvalue weighted by atomic mass is 16.5. The topological polar surface area (TPSA) is 101 Å². The Hall–Kier alpha value is -1.85. The molecule has 0 aromatic heterocycles. The molecule has 4 unspecified atom stereocenters. The second-order valence-electron chi connectivity index (χ2n) is 8.26. The summed E-state index contributed by atoms with van der Waals surface area (Å²) in [5.41, 5.74) is -1.65. The van der Waals surface area contributed by atoms with Gasteiger partial charge in [-0.25, -0.2) is 4.79 Å². The largest absolute Gasteiger partial charge is 0.481 e. The van der Waals surface area contributed by atoms with Crippen LogP contribution in [0.1, 0.15) is 51.9 Å². The lowest BCUT2D eigenvalue weighted by molar-refractivity contribution is -0.203. The minimum Gasteiger partial charge on any atom is -0.481 e. The second-order valence-corrected chi connectivity index (χ2v) is 8.26. The molecule has 6 heteroatoms. The Bertz CT molecular complexity index is 637. The normalized spacial score (nSPS) is 40.4. The van der Waals surface area contributed by atoms with Crippen molar-refractivity contribution < 1.29 is 29.3 Å². The van der Waals surface area contributed by atoms with Gasteiger partial charge >= 0.3 is 17.9 Å². The van der Waals surface area contributed by atoms with Crippen molar-refractivity contribution in [2.75, 3.05) is 7.11 Å². The van der Waals surface area contributed by atoms with Gasteiger partial charge in [-0.05, 0) is 63.2 Å². The van der Waals surface area contributed by atoms with Crippen molar-refractivity contribution in [2.24, 2.45) is 22.2 Å². The summed E-state index contributed by atoms with van der Waals surface area (Å²) in [6.07, 6.45) is 5.84. The fraction of sp³-hybridized carbons (Fsp3) is 0.722. The number of allylic oxidation sites excluding steroid dienone is 1. The number of carbonyl (C=O) groups excluding carboxylic acids is 1. The molecule has 0 heterocycles. The summed E-state index contributed by atoms with van der Waals surface area (Å²) in [6.45, 7) is 1.55. The van der Waals surface area contributed by atoms with Gasteiger partial charge in [0.25, 0.3) is 0 Å². The second kappa shape index (κ2) is 5.33. The number of ether oxygens (including phenoxy) is 1. The van der Waals surface area contributed by atoms with Crippen LogP contribution in [0, 0.1) is 22.2 Å². The number of hydrogen-bond donors (Lipinski definition) is 2. The molecule has 0 spiro atoms. The van der Waals surface area contributed by atoms with Crippen molar-refractivity contribution in [1.29, 1.82) is 0 Å². The van der Waals surface area contributed by atoms with E-state index in [9.17, 15) is 19.5 Å². The van der Waals surface area contributed by atoms with Gasteiger partial charge in [-0.15, -0.1) is 0 Å². The summed E-state index contributed by atoms with van der Waals surface area (Å²) in [5.74, 6) is -1.91. The fourth-order valence-corrected chi connectivity index (χ4v) is 6.01. The summed E-state index contributed by atoms with van der Waals surface area (Å²) < 4.78 is 5.03. The number of esters is 1. The fourth-order valence-electron chi connectivity index (χ4n) is 6.01. The summed E-state index contributed by atoms with van der Waals surface area (Å²) in [7, 11) is 1.36. The molecule has 132 valence electrons. The predicted octanol–water partition coefficient (Wildman–Crippen LogP) is 2.62. The predicted molar refractivity (Wildman–Crippen MR) is 84.2 cm³/mol. The van der Waals surface area contributed by atoms with Crippen LogP contribution in [-0.2, 0) is 19.1 Å². The van der Waals surface area contributed by atoms with E-state index >= 15 is 0 Å². The molecule has 4 atom stereocenters. The van der Waals surface area contributed by atoms with Gasteiger partial charge in [0, 0.05) is 5.57 Å². The molecular weight excluding hydrogens is 312 g/mol. The van der Waals surface area contributed by atoms with Gasteiger partial charge in [0.2, 0.25) is 0 Å². The van der Waals surface area contributed by atoms with E-state index in [1.807, 2.05) is 0 Å². The zero-order valence-corrected chi connectivity index (χ0v) is 14.1. The van der Waals surface area contributed by atoms with Crippen LogP contribution >= 0.6 is 0 Å². The molecule has 4 aliphatic rings. The van der Waals surface area contributed by atoms with Crippen LogP contribution in [-0.4, -0.2) is 35.2 Å². The van der Waals surface area contributed by atoms with Gasteiger partial charge in [-0.1, -0.05) is 6.08 Å². The molecule has 4 bridgehead atoms. The molecule has 4 aliphatic carbocycles. The zero-order chi connectivity index (χ0) is 17.8. The maximum Gasteiger partial charge on any atom is 0.330 e. The van der Waals surface area contributed by atoms with E-state index in [1.165, 1.54) is 7.11 Å². The lowest BCUT2D eigenvalue weighted by Crippen LogP contribution is -2.61. The first-order valence-electron chi connectivity index (χ1n) is 8.38. The number of carboxylic acid groups (broad SMARTS) is 2. The number of carbonyl (C=O) groups is 3. The molecule has 2 N–H and O–H groups in total. The van der Waals surface area contributed by atoms with Gasteiger partial charge < -0.3 is 14.9 Å². The van der Waals surface area contributed by atoms with Crippen molar-refractivity contribution in [1.82, 2.24) is 0 Å². The molecule has 0 aliphatic heterocycles. The van der Waals surface area contributed by atoms with Crippen LogP contribution in [0.4, 0.5) is 0 Å². The highest BCUT2D eigenvalue weighted by molar-refractivity contribution is 5.85. The molecule has 0 radical (unpaired) electrons. The zero-order valence-electron chi connectivity index (χ0n) is 14.1. The molecule has 0 saturated heterocycles. The SMILES string of the molecule is COC(=O)C12CC3CC(CC=C(C)C(=O)O)(CC(C(=O)O)(C3)C1)C2. The molecule has 0 aromatic carbocycles. The van der Waals surface area contributed by atoms with Crippen molar-refractivity contribution in [3.8, 4) is 0 Å². The van der Waals surface area contributed by atoms with E-state index in [-0.39, 0.29) is 22.9 Å². The van der Waals surface area contributed by atoms with E-state index < -0.39 is 22.8 Å². The van der Waals surface area contributed by atoms with Gasteiger partial charge in [0.05, 0.1) is 17.9 Å². The minimum atomic E-state index is -0.963. The number of methoxy groups -OCH3 is 1. The standard InChI is InChI=1S/C18H24O6/c1-11(13(19)20)3-4-16-5-12-6-17(8-16,14(21)22)10-18(7-12,9-16)15(23)24-2/h3,12H,4-10H2,1-2H3,(H,19,20)(H,21,22). The average molecular weight is 336 g/mol. The number of hydrogen-bond acceptors (Lipinski definition) is 4. The Kier molecular flexibility index (Phi) is 3.77. The van der Waals surface area contributed by atoms with Crippen LogP contribution in [0.2, 0.25) is 0 Å². The van der Waals surface area contributed by atoms with Crippen molar-refractivity contribution in [3.63, 3.8) is 0 Å². The summed E-state index contributed by atoms with van der Waals surface area (Å²) >= 11 is 0. The molecule has 6 nitrogen and oxygen atoms in total. The first-order valence-corrected chi connectivity index (χ1v) is 8.38. The van der Waals surface area contributed by atoms with Crippen molar-refractivity contribution in [2.45, 2.75) is 51.9 Å². The number of rotatable bonds is 5. The smallest absolute Gasteiger partial charge is 0.330 e. The van der Waals surface area contributed by atoms with Crippen LogP contribution < -0.4 is 0 Å². The van der Waals surface area contributed by atoms with E-state index in [0.29, 0.717) is 38.5 Å². The third-order valence-corrected chi connectivity index (χ3v) is 6.43. The average Bonchev–Trinajstić information content (AvgIpc) is 2.50. The molecule has 4 fully saturated rings. The van der Waals surface area contributed by atoms with Gasteiger partial charge in [-0.2, -0.15) is 0 Å². The Morgan fingerprint density at radius 1 is 1.08 bits per heavy atom. The highest BCUT2D eigenvalue weighted by Gasteiger charge is 2.68. The summed E-state index contributed by atoms with van der Waals surface area (Å²) in [5, 5.41) is 18.9. The van der Waals surface area contributed by atoms with Crippen LogP contribution in [0.3, 0.4) is 0 Å². The van der Waals surface area contributed by atoms with Crippen LogP contribution in [0.5, 0.6) is 0 Å². The molecule has 4 saturated carbocycles. The minimum absolute atomic E-state index is 0.190. The maximum absolute atomic E-state index is 12.5. The molecular formula is C18H24O6. The van der Waals surface area contributed by atoms with Crippen molar-refractivity contribution in [3.05, 3.63) is 11.6 Å². The van der Waals surface area contributed by atoms with Gasteiger partial charge in [-0.3, -0.25) is 9.59 Å². The van der Waals surface area contributed by atoms with Gasteiger partial charge in [0.15, 0.2) is 0 Å². The Morgan fingerprint density at radius 3 is 2.29 bits per heavy atom. The maximum atomic E-state index is 12.5. The number of carboxylic acids is 2. The highest BCUT2D eigenvalue weighted by Crippen LogP contribution is 2.71. The monoisotopic (exact) mass is 336 g/mol. The van der Waals surface area contributed by atoms with E-state index in [2.05, 4.69) is 0 Å². The molecule has 0 aromatic rings. The van der Waals surface area contributed by atoms with Crippen LogP contribution in [0.25, 0.3) is 0 Å². The molecule has 0 amide bonds. The van der Waals surface area contributed by atoms with E-state index in [1.54, 1.807) is 13.0 Å². The van der Waals surface area contributed by atoms with E-state index in [4.69, 9.17) is 9.84 Å². The third-order valence-electron chi connectivity index (χ3n) is 6.43. The summed E-state index contributed by atoms with van der Waals surface area (Å²) in [4.78, 5) is 35.6. The first-order chi connectivity index (χ1) is 11.2. The summed E-state index contributed by atoms with van der Waals surface area (Å²) in [6, 6.07) is 0. The quantitative estimate of drug-likeness (QED) is 0.591. The Balaban J connectivity index is 1.99. The van der Waals surface area contributed by atoms with Gasteiger partial charge in [0.1, 0.15) is 0 Å². The van der Waals surface area contributed by atoms with E-state index in [0.717, 1.165) is 6.42 Å². The molecule has 24 heavy (non-hydrogen) atoms. The Morgan fingerprint density at radius 2 is 1.71 bits per heavy atom. The third kappa shape index (κ3) is 2.43.